The average Bonchev–Trinajstić information content (AvgIpc) is 3.00. The Morgan fingerprint density at radius 1 is 1.18 bits per heavy atom. The molecule has 3 rings (SSSR count). The first-order valence-corrected chi connectivity index (χ1v) is 10.6. The lowest BCUT2D eigenvalue weighted by atomic mass is 10.3. The summed E-state index contributed by atoms with van der Waals surface area (Å²) < 4.78 is 33.1. The molecule has 0 radical (unpaired) electrons. The van der Waals surface area contributed by atoms with Crippen molar-refractivity contribution in [2.24, 2.45) is 7.05 Å². The minimum atomic E-state index is -3.83. The van der Waals surface area contributed by atoms with Crippen molar-refractivity contribution in [1.82, 2.24) is 9.78 Å². The van der Waals surface area contributed by atoms with Gasteiger partial charge in [0.2, 0.25) is 9.84 Å². The zero-order chi connectivity index (χ0) is 20.5. The number of methoxy groups -OCH3 is 1. The molecule has 1 heterocycles. The number of aryl methyl sites for hydroxylation is 1. The minimum absolute atomic E-state index is 0.0236. The maximum atomic E-state index is 12.9. The smallest absolute Gasteiger partial charge is 0.277 e. The van der Waals surface area contributed by atoms with Crippen molar-refractivity contribution in [3.8, 4) is 5.75 Å². The van der Waals surface area contributed by atoms with Crippen LogP contribution in [0.25, 0.3) is 0 Å². The first-order valence-electron chi connectivity index (χ1n) is 7.91. The van der Waals surface area contributed by atoms with Crippen LogP contribution in [0, 0.1) is 0 Å². The standard InChI is InChI=1S/C18H15BrClN3O4S/c1-23-10-16(19)17(22-23)18(24)21-12-7-13(27-2)9-15(8-12)28(25,26)14-5-3-11(20)4-6-14/h3-10H,1-2H3,(H,21,24). The van der Waals surface area contributed by atoms with Gasteiger partial charge in [0.15, 0.2) is 5.69 Å². The second kappa shape index (κ2) is 7.94. The Bertz CT molecular complexity index is 1140. The van der Waals surface area contributed by atoms with E-state index >= 15 is 0 Å². The molecule has 7 nitrogen and oxygen atoms in total. The van der Waals surface area contributed by atoms with E-state index in [1.807, 2.05) is 0 Å². The van der Waals surface area contributed by atoms with Gasteiger partial charge in [-0.3, -0.25) is 9.48 Å². The Morgan fingerprint density at radius 2 is 1.86 bits per heavy atom. The van der Waals surface area contributed by atoms with Gasteiger partial charge in [-0.2, -0.15) is 5.10 Å². The summed E-state index contributed by atoms with van der Waals surface area (Å²) in [6, 6.07) is 10.1. The Morgan fingerprint density at radius 3 is 2.43 bits per heavy atom. The van der Waals surface area contributed by atoms with Gasteiger partial charge < -0.3 is 10.1 Å². The van der Waals surface area contributed by atoms with Crippen LogP contribution in [0.1, 0.15) is 10.5 Å². The zero-order valence-electron chi connectivity index (χ0n) is 14.8. The number of nitrogens with one attached hydrogen (secondary N) is 1. The summed E-state index contributed by atoms with van der Waals surface area (Å²) in [5.74, 6) is -0.207. The van der Waals surface area contributed by atoms with E-state index in [1.54, 1.807) is 13.2 Å². The summed E-state index contributed by atoms with van der Waals surface area (Å²) in [6.45, 7) is 0. The van der Waals surface area contributed by atoms with E-state index in [2.05, 4.69) is 26.3 Å². The SMILES string of the molecule is COc1cc(NC(=O)c2nn(C)cc2Br)cc(S(=O)(=O)c2ccc(Cl)cc2)c1. The van der Waals surface area contributed by atoms with E-state index in [4.69, 9.17) is 16.3 Å². The molecule has 1 amide bonds. The van der Waals surface area contributed by atoms with Crippen molar-refractivity contribution < 1.29 is 17.9 Å². The van der Waals surface area contributed by atoms with Crippen LogP contribution in [0.3, 0.4) is 0 Å². The number of rotatable bonds is 5. The van der Waals surface area contributed by atoms with Crippen LogP contribution in [0.2, 0.25) is 5.02 Å². The van der Waals surface area contributed by atoms with Crippen LogP contribution >= 0.6 is 27.5 Å². The zero-order valence-corrected chi connectivity index (χ0v) is 18.0. The Hall–Kier alpha value is -2.36. The van der Waals surface area contributed by atoms with Gasteiger partial charge >= 0.3 is 0 Å². The number of carbonyl (C=O) groups is 1. The number of carbonyl (C=O) groups excluding carboxylic acids is 1. The molecule has 0 fully saturated rings. The molecule has 1 N–H and O–H groups in total. The third kappa shape index (κ3) is 4.21. The molecule has 3 aromatic rings. The molecule has 10 heteroatoms. The van der Waals surface area contributed by atoms with E-state index < -0.39 is 15.7 Å². The van der Waals surface area contributed by atoms with Crippen molar-refractivity contribution >= 4 is 49.0 Å². The highest BCUT2D eigenvalue weighted by Gasteiger charge is 2.21. The van der Waals surface area contributed by atoms with E-state index in [9.17, 15) is 13.2 Å². The van der Waals surface area contributed by atoms with Crippen LogP contribution < -0.4 is 10.1 Å². The molecule has 0 aliphatic rings. The van der Waals surface area contributed by atoms with Crippen molar-refractivity contribution in [3.05, 3.63) is 63.9 Å². The fourth-order valence-corrected chi connectivity index (χ4v) is 4.47. The maximum Gasteiger partial charge on any atom is 0.277 e. The molecule has 0 atom stereocenters. The first kappa shape index (κ1) is 20.4. The Balaban J connectivity index is 1.99. The molecule has 0 spiro atoms. The minimum Gasteiger partial charge on any atom is -0.497 e. The number of anilines is 1. The fourth-order valence-electron chi connectivity index (χ4n) is 2.47. The lowest BCUT2D eigenvalue weighted by Gasteiger charge is -2.11. The summed E-state index contributed by atoms with van der Waals surface area (Å²) in [5, 5.41) is 7.15. The molecule has 0 aliphatic carbocycles. The van der Waals surface area contributed by atoms with E-state index in [0.717, 1.165) is 0 Å². The third-order valence-electron chi connectivity index (χ3n) is 3.81. The Kier molecular flexibility index (Phi) is 5.78. The fraction of sp³-hybridized carbons (Fsp3) is 0.111. The number of amides is 1. The van der Waals surface area contributed by atoms with Gasteiger partial charge in [0, 0.05) is 30.0 Å². The summed E-state index contributed by atoms with van der Waals surface area (Å²) in [6.07, 6.45) is 1.64. The predicted molar refractivity (Wildman–Crippen MR) is 109 cm³/mol. The van der Waals surface area contributed by atoms with Gasteiger partial charge in [-0.05, 0) is 52.3 Å². The summed E-state index contributed by atoms with van der Waals surface area (Å²) in [7, 11) is -0.738. The number of halogens is 2. The number of benzene rings is 2. The highest BCUT2D eigenvalue weighted by Crippen LogP contribution is 2.29. The second-order valence-corrected chi connectivity index (χ2v) is 9.05. The second-order valence-electron chi connectivity index (χ2n) is 5.81. The van der Waals surface area contributed by atoms with E-state index in [-0.39, 0.29) is 26.9 Å². The number of sulfone groups is 1. The quantitative estimate of drug-likeness (QED) is 0.592. The number of nitrogens with zero attached hydrogens (tertiary/aromatic N) is 2. The maximum absolute atomic E-state index is 12.9. The van der Waals surface area contributed by atoms with Gasteiger partial charge in [0.25, 0.3) is 5.91 Å². The predicted octanol–water partition coefficient (Wildman–Crippen LogP) is 3.93. The largest absolute Gasteiger partial charge is 0.497 e. The number of aromatic nitrogens is 2. The van der Waals surface area contributed by atoms with Gasteiger partial charge in [0.05, 0.1) is 21.4 Å². The number of hydrogen-bond acceptors (Lipinski definition) is 5. The molecule has 1 aromatic heterocycles. The van der Waals surface area contributed by atoms with Crippen LogP contribution in [0.4, 0.5) is 5.69 Å². The van der Waals surface area contributed by atoms with Gasteiger partial charge in [-0.25, -0.2) is 8.42 Å². The van der Waals surface area contributed by atoms with Crippen molar-refractivity contribution in [1.29, 1.82) is 0 Å². The van der Waals surface area contributed by atoms with Crippen LogP contribution in [-0.4, -0.2) is 31.2 Å². The molecule has 0 saturated carbocycles. The molecule has 0 saturated heterocycles. The molecular formula is C18H15BrClN3O4S. The van der Waals surface area contributed by atoms with Crippen molar-refractivity contribution in [2.45, 2.75) is 9.79 Å². The molecule has 0 aliphatic heterocycles. The monoisotopic (exact) mass is 483 g/mol. The van der Waals surface area contributed by atoms with Gasteiger partial charge in [-0.1, -0.05) is 11.6 Å². The molecule has 146 valence electrons. The molecule has 2 aromatic carbocycles. The molecular weight excluding hydrogens is 470 g/mol. The number of hydrogen-bond donors (Lipinski definition) is 1. The van der Waals surface area contributed by atoms with Crippen LogP contribution in [0.15, 0.2) is 62.9 Å². The highest BCUT2D eigenvalue weighted by atomic mass is 79.9. The van der Waals surface area contributed by atoms with Crippen molar-refractivity contribution in [3.63, 3.8) is 0 Å². The lowest BCUT2D eigenvalue weighted by molar-refractivity contribution is 0.102. The topological polar surface area (TPSA) is 90.3 Å². The Labute approximate surface area is 175 Å². The normalized spacial score (nSPS) is 11.3. The molecule has 28 heavy (non-hydrogen) atoms. The highest BCUT2D eigenvalue weighted by molar-refractivity contribution is 9.10. The van der Waals surface area contributed by atoms with Gasteiger partial charge in [0.1, 0.15) is 5.75 Å². The van der Waals surface area contributed by atoms with Crippen LogP contribution in [-0.2, 0) is 16.9 Å². The molecule has 0 unspecified atom stereocenters. The van der Waals surface area contributed by atoms with Gasteiger partial charge in [-0.15, -0.1) is 0 Å². The summed E-state index contributed by atoms with van der Waals surface area (Å²) in [4.78, 5) is 12.5. The first-order chi connectivity index (χ1) is 13.2. The third-order valence-corrected chi connectivity index (χ3v) is 6.39. The summed E-state index contributed by atoms with van der Waals surface area (Å²) >= 11 is 9.10. The van der Waals surface area contributed by atoms with E-state index in [1.165, 1.54) is 54.3 Å². The van der Waals surface area contributed by atoms with E-state index in [0.29, 0.717) is 9.50 Å². The summed E-state index contributed by atoms with van der Waals surface area (Å²) in [5.41, 5.74) is 0.432. The molecule has 0 bridgehead atoms. The van der Waals surface area contributed by atoms with Crippen LogP contribution in [0.5, 0.6) is 5.75 Å². The number of ether oxygens (including phenoxy) is 1. The lowest BCUT2D eigenvalue weighted by Crippen LogP contribution is -2.14. The average molecular weight is 485 g/mol. The van der Waals surface area contributed by atoms with Crippen molar-refractivity contribution in [2.75, 3.05) is 12.4 Å².